The Morgan fingerprint density at radius 1 is 1.00 bits per heavy atom. The minimum Gasteiger partial charge on any atom is -0.382 e. The molecule has 0 atom stereocenters. The number of aryl methyl sites for hydroxylation is 1. The third kappa shape index (κ3) is 2.07. The van der Waals surface area contributed by atoms with Gasteiger partial charge >= 0.3 is 0 Å². The highest BCUT2D eigenvalue weighted by molar-refractivity contribution is 5.88. The molecule has 0 fully saturated rings. The van der Waals surface area contributed by atoms with E-state index in [4.69, 9.17) is 5.73 Å². The van der Waals surface area contributed by atoms with Crippen LogP contribution < -0.4 is 5.73 Å². The van der Waals surface area contributed by atoms with Crippen molar-refractivity contribution in [1.82, 2.24) is 10.2 Å². The molecule has 0 saturated heterocycles. The van der Waals surface area contributed by atoms with Crippen LogP contribution in [-0.2, 0) is 6.42 Å². The quantitative estimate of drug-likeness (QED) is 0.753. The highest BCUT2D eigenvalue weighted by atomic mass is 15.2. The first-order valence-electron chi connectivity index (χ1n) is 6.78. The Bertz CT molecular complexity index is 714. The molecule has 2 aromatic carbocycles. The van der Waals surface area contributed by atoms with E-state index in [1.807, 2.05) is 24.3 Å². The van der Waals surface area contributed by atoms with Gasteiger partial charge in [-0.05, 0) is 17.5 Å². The smallest absolute Gasteiger partial charge is 0.153 e. The minimum atomic E-state index is 0.539. The third-order valence-corrected chi connectivity index (χ3v) is 3.52. The lowest BCUT2D eigenvalue weighted by atomic mass is 9.96. The molecule has 0 amide bonds. The van der Waals surface area contributed by atoms with E-state index in [0.29, 0.717) is 5.82 Å². The summed E-state index contributed by atoms with van der Waals surface area (Å²) in [5, 5.41) is 7.29. The predicted octanol–water partition coefficient (Wildman–Crippen LogP) is 3.89. The summed E-state index contributed by atoms with van der Waals surface area (Å²) in [7, 11) is 0. The largest absolute Gasteiger partial charge is 0.382 e. The van der Waals surface area contributed by atoms with Crippen LogP contribution in [0.15, 0.2) is 54.6 Å². The first kappa shape index (κ1) is 12.5. The first-order chi connectivity index (χ1) is 9.81. The molecule has 3 heteroatoms. The van der Waals surface area contributed by atoms with E-state index in [9.17, 15) is 0 Å². The Hall–Kier alpha value is -2.55. The fraction of sp³-hybridized carbons (Fsp3) is 0.118. The van der Waals surface area contributed by atoms with Crippen LogP contribution in [0.4, 0.5) is 5.82 Å². The summed E-state index contributed by atoms with van der Waals surface area (Å²) in [4.78, 5) is 0. The maximum atomic E-state index is 6.06. The molecule has 3 N–H and O–H groups in total. The van der Waals surface area contributed by atoms with Gasteiger partial charge in [-0.25, -0.2) is 0 Å². The highest BCUT2D eigenvalue weighted by Gasteiger charge is 2.16. The number of H-pyrrole nitrogens is 1. The lowest BCUT2D eigenvalue weighted by molar-refractivity contribution is 1.09. The number of nitrogens with one attached hydrogen (secondary N) is 1. The molecule has 0 bridgehead atoms. The maximum Gasteiger partial charge on any atom is 0.153 e. The topological polar surface area (TPSA) is 54.7 Å². The van der Waals surface area contributed by atoms with Gasteiger partial charge in [-0.1, -0.05) is 61.5 Å². The fourth-order valence-electron chi connectivity index (χ4n) is 2.52. The molecule has 3 aromatic rings. The van der Waals surface area contributed by atoms with Gasteiger partial charge in [0, 0.05) is 5.56 Å². The summed E-state index contributed by atoms with van der Waals surface area (Å²) in [5.41, 5.74) is 11.6. The normalized spacial score (nSPS) is 10.7. The summed E-state index contributed by atoms with van der Waals surface area (Å²) in [6.45, 7) is 2.15. The van der Waals surface area contributed by atoms with E-state index in [1.165, 1.54) is 5.56 Å². The molecule has 0 radical (unpaired) electrons. The van der Waals surface area contributed by atoms with Crippen LogP contribution in [-0.4, -0.2) is 10.2 Å². The number of aromatic amines is 1. The first-order valence-corrected chi connectivity index (χ1v) is 6.78. The van der Waals surface area contributed by atoms with Gasteiger partial charge < -0.3 is 5.73 Å². The van der Waals surface area contributed by atoms with Crippen molar-refractivity contribution < 1.29 is 0 Å². The zero-order valence-corrected chi connectivity index (χ0v) is 11.4. The van der Waals surface area contributed by atoms with Crippen molar-refractivity contribution in [3.05, 3.63) is 60.2 Å². The van der Waals surface area contributed by atoms with Crippen LogP contribution >= 0.6 is 0 Å². The van der Waals surface area contributed by atoms with Crippen LogP contribution in [0.1, 0.15) is 12.5 Å². The second-order valence-electron chi connectivity index (χ2n) is 4.74. The number of anilines is 1. The molecule has 20 heavy (non-hydrogen) atoms. The summed E-state index contributed by atoms with van der Waals surface area (Å²) in [6, 6.07) is 18.5. The van der Waals surface area contributed by atoms with E-state index >= 15 is 0 Å². The van der Waals surface area contributed by atoms with Gasteiger partial charge in [-0.3, -0.25) is 5.10 Å². The average molecular weight is 263 g/mol. The van der Waals surface area contributed by atoms with Crippen LogP contribution in [0.25, 0.3) is 22.4 Å². The number of benzene rings is 2. The lowest BCUT2D eigenvalue weighted by Gasteiger charge is -2.09. The average Bonchev–Trinajstić information content (AvgIpc) is 2.89. The lowest BCUT2D eigenvalue weighted by Crippen LogP contribution is -1.91. The summed E-state index contributed by atoms with van der Waals surface area (Å²) >= 11 is 0. The van der Waals surface area contributed by atoms with Gasteiger partial charge in [-0.2, -0.15) is 5.10 Å². The molecule has 100 valence electrons. The predicted molar refractivity (Wildman–Crippen MR) is 83.3 cm³/mol. The monoisotopic (exact) mass is 263 g/mol. The molecule has 3 rings (SSSR count). The second-order valence-corrected chi connectivity index (χ2v) is 4.74. The SMILES string of the molecule is CCc1ccccc1-c1[nH]nc(N)c1-c1ccccc1. The standard InChI is InChI=1S/C17H17N3/c1-2-12-8-6-7-11-14(12)16-15(17(18)20-19-16)13-9-4-3-5-10-13/h3-11H,2H2,1H3,(H3,18,19,20). The Morgan fingerprint density at radius 3 is 2.45 bits per heavy atom. The molecule has 1 aromatic heterocycles. The highest BCUT2D eigenvalue weighted by Crippen LogP contribution is 2.35. The molecule has 3 nitrogen and oxygen atoms in total. The Balaban J connectivity index is 2.22. The number of aromatic nitrogens is 2. The van der Waals surface area contributed by atoms with Gasteiger partial charge in [0.05, 0.1) is 11.3 Å². The number of nitrogens with zero attached hydrogens (tertiary/aromatic N) is 1. The number of hydrogen-bond acceptors (Lipinski definition) is 2. The van der Waals surface area contributed by atoms with Crippen LogP contribution in [0.2, 0.25) is 0 Å². The Labute approximate surface area is 118 Å². The van der Waals surface area contributed by atoms with E-state index in [0.717, 1.165) is 28.8 Å². The molecular formula is C17H17N3. The van der Waals surface area contributed by atoms with Gasteiger partial charge in [0.2, 0.25) is 0 Å². The van der Waals surface area contributed by atoms with Gasteiger partial charge in [0.1, 0.15) is 0 Å². The molecule has 1 heterocycles. The number of rotatable bonds is 3. The molecule has 0 spiro atoms. The van der Waals surface area contributed by atoms with Gasteiger partial charge in [0.15, 0.2) is 5.82 Å². The van der Waals surface area contributed by atoms with Crippen molar-refractivity contribution >= 4 is 5.82 Å². The van der Waals surface area contributed by atoms with E-state index in [2.05, 4.69) is 47.5 Å². The van der Waals surface area contributed by atoms with Crippen molar-refractivity contribution in [3.63, 3.8) is 0 Å². The summed E-state index contributed by atoms with van der Waals surface area (Å²) < 4.78 is 0. The van der Waals surface area contributed by atoms with E-state index in [-0.39, 0.29) is 0 Å². The van der Waals surface area contributed by atoms with Crippen molar-refractivity contribution in [2.75, 3.05) is 5.73 Å². The van der Waals surface area contributed by atoms with Crippen molar-refractivity contribution in [2.24, 2.45) is 0 Å². The Kier molecular flexibility index (Phi) is 3.25. The fourth-order valence-corrected chi connectivity index (χ4v) is 2.52. The van der Waals surface area contributed by atoms with E-state index < -0.39 is 0 Å². The Morgan fingerprint density at radius 2 is 1.70 bits per heavy atom. The van der Waals surface area contributed by atoms with Crippen molar-refractivity contribution in [3.8, 4) is 22.4 Å². The van der Waals surface area contributed by atoms with Crippen LogP contribution in [0.3, 0.4) is 0 Å². The van der Waals surface area contributed by atoms with Crippen LogP contribution in [0, 0.1) is 0 Å². The minimum absolute atomic E-state index is 0.539. The van der Waals surface area contributed by atoms with Gasteiger partial charge in [0.25, 0.3) is 0 Å². The molecule has 0 unspecified atom stereocenters. The zero-order chi connectivity index (χ0) is 13.9. The van der Waals surface area contributed by atoms with Crippen molar-refractivity contribution in [2.45, 2.75) is 13.3 Å². The summed E-state index contributed by atoms with van der Waals surface area (Å²) in [5.74, 6) is 0.539. The zero-order valence-electron chi connectivity index (χ0n) is 11.4. The molecular weight excluding hydrogens is 246 g/mol. The third-order valence-electron chi connectivity index (χ3n) is 3.52. The molecule has 0 aliphatic heterocycles. The summed E-state index contributed by atoms with van der Waals surface area (Å²) in [6.07, 6.45) is 0.976. The van der Waals surface area contributed by atoms with Gasteiger partial charge in [-0.15, -0.1) is 0 Å². The number of nitrogen functional groups attached to an aromatic ring is 1. The number of nitrogens with two attached hydrogens (primary N) is 1. The molecule has 0 saturated carbocycles. The van der Waals surface area contributed by atoms with Crippen molar-refractivity contribution in [1.29, 1.82) is 0 Å². The molecule has 0 aliphatic carbocycles. The molecule has 0 aliphatic rings. The second kappa shape index (κ2) is 5.21. The van der Waals surface area contributed by atoms with E-state index in [1.54, 1.807) is 0 Å². The maximum absolute atomic E-state index is 6.06. The van der Waals surface area contributed by atoms with Crippen LogP contribution in [0.5, 0.6) is 0 Å². The number of hydrogen-bond donors (Lipinski definition) is 2.